The molecule has 0 atom stereocenters. The van der Waals surface area contributed by atoms with Gasteiger partial charge in [0, 0.05) is 18.1 Å². The van der Waals surface area contributed by atoms with E-state index in [1.54, 1.807) is 6.20 Å². The maximum atomic E-state index is 11.5. The van der Waals surface area contributed by atoms with E-state index in [4.69, 9.17) is 5.73 Å². The summed E-state index contributed by atoms with van der Waals surface area (Å²) < 4.78 is 1.50. The summed E-state index contributed by atoms with van der Waals surface area (Å²) in [5, 5.41) is 8.48. The van der Waals surface area contributed by atoms with E-state index in [1.165, 1.54) is 4.40 Å². The summed E-state index contributed by atoms with van der Waals surface area (Å²) in [5.41, 5.74) is 6.88. The van der Waals surface area contributed by atoms with E-state index in [1.807, 2.05) is 36.4 Å². The minimum atomic E-state index is -0.227. The summed E-state index contributed by atoms with van der Waals surface area (Å²) in [7, 11) is 0. The number of aromatic nitrogens is 3. The number of pyridine rings is 1. The van der Waals surface area contributed by atoms with E-state index < -0.39 is 0 Å². The van der Waals surface area contributed by atoms with E-state index in [-0.39, 0.29) is 5.69 Å². The molecule has 3 N–H and O–H groups in total. The molecule has 1 aromatic carbocycles. The Bertz CT molecular complexity index is 797. The molecule has 90 valence electrons. The Hall–Kier alpha value is -2.40. The first kappa shape index (κ1) is 10.7. The third-order valence-electron chi connectivity index (χ3n) is 2.87. The van der Waals surface area contributed by atoms with Gasteiger partial charge in [-0.1, -0.05) is 24.3 Å². The second-order valence-corrected chi connectivity index (χ2v) is 4.02. The Morgan fingerprint density at radius 1 is 1.39 bits per heavy atom. The predicted octanol–water partition coefficient (Wildman–Crippen LogP) is 1.15. The van der Waals surface area contributed by atoms with Crippen LogP contribution in [0.5, 0.6) is 0 Å². The molecule has 0 bridgehead atoms. The lowest BCUT2D eigenvalue weighted by Gasteiger charge is -2.01. The molecule has 0 radical (unpaired) electrons. The molecule has 2 aromatic heterocycles. The van der Waals surface area contributed by atoms with Crippen molar-refractivity contribution in [2.24, 2.45) is 5.73 Å². The maximum Gasteiger partial charge on any atom is 0.347 e. The molecule has 0 unspecified atom stereocenters. The highest BCUT2D eigenvalue weighted by atomic mass is 16.1. The van der Waals surface area contributed by atoms with Crippen LogP contribution in [0.15, 0.2) is 41.3 Å². The number of aromatic amines is 1. The smallest absolute Gasteiger partial charge is 0.327 e. The zero-order valence-electron chi connectivity index (χ0n) is 9.63. The highest BCUT2D eigenvalue weighted by Gasteiger charge is 2.04. The topological polar surface area (TPSA) is 76.2 Å². The third kappa shape index (κ3) is 1.61. The molecule has 0 spiro atoms. The van der Waals surface area contributed by atoms with Gasteiger partial charge in [-0.2, -0.15) is 5.10 Å². The van der Waals surface area contributed by atoms with Gasteiger partial charge in [-0.25, -0.2) is 14.3 Å². The minimum Gasteiger partial charge on any atom is -0.327 e. The van der Waals surface area contributed by atoms with Gasteiger partial charge in [-0.15, -0.1) is 0 Å². The van der Waals surface area contributed by atoms with Crippen LogP contribution in [0, 0.1) is 0 Å². The number of nitrogens with zero attached hydrogens (tertiary/aromatic N) is 2. The molecule has 3 aromatic rings. The standard InChI is InChI=1S/C13H12N4O/c14-6-1-2-9-3-4-10-5-7-17-12(11(10)8-9)15-16-13(17)18/h1-5,7-8H,6,14H2,(H,16,18). The molecule has 0 saturated heterocycles. The number of H-pyrrole nitrogens is 1. The van der Waals surface area contributed by atoms with Crippen LogP contribution in [-0.4, -0.2) is 21.1 Å². The van der Waals surface area contributed by atoms with Crippen LogP contribution >= 0.6 is 0 Å². The molecule has 5 heteroatoms. The molecule has 5 nitrogen and oxygen atoms in total. The fraction of sp³-hybridized carbons (Fsp3) is 0.0769. The monoisotopic (exact) mass is 240 g/mol. The van der Waals surface area contributed by atoms with E-state index in [2.05, 4.69) is 10.2 Å². The summed E-state index contributed by atoms with van der Waals surface area (Å²) >= 11 is 0. The van der Waals surface area contributed by atoms with Crippen molar-refractivity contribution in [2.75, 3.05) is 6.54 Å². The largest absolute Gasteiger partial charge is 0.347 e. The number of hydrogen-bond donors (Lipinski definition) is 2. The molecule has 2 heterocycles. The Morgan fingerprint density at radius 2 is 2.28 bits per heavy atom. The molecule has 0 amide bonds. The van der Waals surface area contributed by atoms with Crippen LogP contribution in [-0.2, 0) is 0 Å². The molecular weight excluding hydrogens is 228 g/mol. The van der Waals surface area contributed by atoms with Crippen LogP contribution in [0.1, 0.15) is 5.56 Å². The summed E-state index contributed by atoms with van der Waals surface area (Å²) in [6, 6.07) is 7.91. The number of hydrogen-bond acceptors (Lipinski definition) is 3. The van der Waals surface area contributed by atoms with E-state index in [0.29, 0.717) is 12.2 Å². The molecule has 0 fully saturated rings. The molecular formula is C13H12N4O. The van der Waals surface area contributed by atoms with Gasteiger partial charge in [0.25, 0.3) is 0 Å². The Labute approximate surface area is 103 Å². The first-order valence-electron chi connectivity index (χ1n) is 5.66. The van der Waals surface area contributed by atoms with Crippen molar-refractivity contribution in [3.63, 3.8) is 0 Å². The van der Waals surface area contributed by atoms with Crippen molar-refractivity contribution < 1.29 is 0 Å². The zero-order chi connectivity index (χ0) is 12.5. The van der Waals surface area contributed by atoms with Crippen molar-refractivity contribution in [2.45, 2.75) is 0 Å². The average molecular weight is 240 g/mol. The van der Waals surface area contributed by atoms with Crippen LogP contribution < -0.4 is 11.4 Å². The van der Waals surface area contributed by atoms with Gasteiger partial charge in [0.2, 0.25) is 0 Å². The lowest BCUT2D eigenvalue weighted by molar-refractivity contribution is 1.02. The molecule has 0 aliphatic rings. The molecule has 0 saturated carbocycles. The van der Waals surface area contributed by atoms with Crippen LogP contribution in [0.3, 0.4) is 0 Å². The van der Waals surface area contributed by atoms with Gasteiger partial charge in [0.1, 0.15) is 0 Å². The number of nitrogens with two attached hydrogens (primary N) is 1. The van der Waals surface area contributed by atoms with Crippen LogP contribution in [0.4, 0.5) is 0 Å². The number of benzene rings is 1. The van der Waals surface area contributed by atoms with Crippen LogP contribution in [0.2, 0.25) is 0 Å². The van der Waals surface area contributed by atoms with Crippen molar-refractivity contribution in [3.8, 4) is 0 Å². The predicted molar refractivity (Wildman–Crippen MR) is 71.4 cm³/mol. The van der Waals surface area contributed by atoms with Gasteiger partial charge >= 0.3 is 5.69 Å². The first-order chi connectivity index (χ1) is 8.79. The van der Waals surface area contributed by atoms with E-state index >= 15 is 0 Å². The second-order valence-electron chi connectivity index (χ2n) is 4.02. The van der Waals surface area contributed by atoms with Crippen molar-refractivity contribution in [3.05, 3.63) is 52.6 Å². The highest BCUT2D eigenvalue weighted by molar-refractivity contribution is 5.95. The van der Waals surface area contributed by atoms with Crippen molar-refractivity contribution >= 4 is 22.5 Å². The first-order valence-corrected chi connectivity index (χ1v) is 5.66. The van der Waals surface area contributed by atoms with Crippen molar-refractivity contribution in [1.82, 2.24) is 14.6 Å². The number of fused-ring (bicyclic) bond motifs is 3. The van der Waals surface area contributed by atoms with Crippen LogP contribution in [0.25, 0.3) is 22.5 Å². The second kappa shape index (κ2) is 4.12. The quantitative estimate of drug-likeness (QED) is 0.705. The normalized spacial score (nSPS) is 11.8. The summed E-state index contributed by atoms with van der Waals surface area (Å²) in [6.45, 7) is 0.504. The Morgan fingerprint density at radius 3 is 3.11 bits per heavy atom. The average Bonchev–Trinajstić information content (AvgIpc) is 2.78. The van der Waals surface area contributed by atoms with Crippen molar-refractivity contribution in [1.29, 1.82) is 0 Å². The summed E-state index contributed by atoms with van der Waals surface area (Å²) in [6.07, 6.45) is 5.56. The Kier molecular flexibility index (Phi) is 2.46. The van der Waals surface area contributed by atoms with Gasteiger partial charge < -0.3 is 5.73 Å². The number of nitrogens with one attached hydrogen (secondary N) is 1. The molecule has 18 heavy (non-hydrogen) atoms. The highest BCUT2D eigenvalue weighted by Crippen LogP contribution is 2.19. The zero-order valence-corrected chi connectivity index (χ0v) is 9.63. The van der Waals surface area contributed by atoms with Gasteiger partial charge in [0.15, 0.2) is 5.65 Å². The van der Waals surface area contributed by atoms with Gasteiger partial charge in [-0.3, -0.25) is 0 Å². The summed E-state index contributed by atoms with van der Waals surface area (Å²) in [4.78, 5) is 11.5. The fourth-order valence-electron chi connectivity index (χ4n) is 2.01. The Balaban J connectivity index is 2.33. The lowest BCUT2D eigenvalue weighted by Crippen LogP contribution is -2.08. The minimum absolute atomic E-state index is 0.227. The maximum absolute atomic E-state index is 11.5. The third-order valence-corrected chi connectivity index (χ3v) is 2.87. The molecule has 0 aliphatic heterocycles. The molecule has 0 aliphatic carbocycles. The van der Waals surface area contributed by atoms with E-state index in [9.17, 15) is 4.79 Å². The SMILES string of the molecule is NCC=Cc1ccc2ccn3c(=O)[nH]nc3c2c1. The van der Waals surface area contributed by atoms with E-state index in [0.717, 1.165) is 16.3 Å². The fourth-order valence-corrected chi connectivity index (χ4v) is 2.01. The van der Waals surface area contributed by atoms with Gasteiger partial charge in [0.05, 0.1) is 0 Å². The van der Waals surface area contributed by atoms with Gasteiger partial charge in [-0.05, 0) is 23.1 Å². The summed E-state index contributed by atoms with van der Waals surface area (Å²) in [5.74, 6) is 0. The lowest BCUT2D eigenvalue weighted by atomic mass is 10.1. The molecule has 3 rings (SSSR count). The number of rotatable bonds is 2.